The molecule has 6 heteroatoms. The van der Waals surface area contributed by atoms with Crippen molar-refractivity contribution in [1.29, 1.82) is 0 Å². The lowest BCUT2D eigenvalue weighted by molar-refractivity contribution is -0.114. The molecule has 0 radical (unpaired) electrons. The highest BCUT2D eigenvalue weighted by Crippen LogP contribution is 2.20. The first-order valence-electron chi connectivity index (χ1n) is 7.76. The minimum Gasteiger partial charge on any atom is -0.326 e. The first-order valence-corrected chi connectivity index (χ1v) is 9.20. The van der Waals surface area contributed by atoms with Crippen LogP contribution in [0, 0.1) is 6.92 Å². The van der Waals surface area contributed by atoms with Crippen LogP contribution in [0.1, 0.15) is 25.0 Å². The van der Waals surface area contributed by atoms with Crippen molar-refractivity contribution in [3.8, 4) is 0 Å². The van der Waals surface area contributed by atoms with Gasteiger partial charge in [-0.15, -0.1) is 0 Å². The average molecular weight is 346 g/mol. The van der Waals surface area contributed by atoms with Gasteiger partial charge < -0.3 is 5.32 Å². The molecular formula is C18H22N2O3S. The molecule has 0 aliphatic carbocycles. The maximum absolute atomic E-state index is 12.8. The van der Waals surface area contributed by atoms with Gasteiger partial charge in [-0.05, 0) is 36.8 Å². The normalized spacial score (nSPS) is 11.5. The summed E-state index contributed by atoms with van der Waals surface area (Å²) in [5.41, 5.74) is 2.62. The number of amides is 1. The Kier molecular flexibility index (Phi) is 5.75. The molecule has 128 valence electrons. The SMILES string of the molecule is CCN(Cc1cccc(C)c1)S(=O)(=O)c1ccc(NC(C)=O)cc1. The molecule has 0 fully saturated rings. The van der Waals surface area contributed by atoms with Crippen molar-refractivity contribution >= 4 is 21.6 Å². The number of carbonyl (C=O) groups excluding carboxylic acids is 1. The van der Waals surface area contributed by atoms with Gasteiger partial charge in [0.2, 0.25) is 15.9 Å². The fourth-order valence-electron chi connectivity index (χ4n) is 2.44. The molecule has 1 N–H and O–H groups in total. The van der Waals surface area contributed by atoms with Gasteiger partial charge in [0.25, 0.3) is 0 Å². The Morgan fingerprint density at radius 2 is 1.79 bits per heavy atom. The smallest absolute Gasteiger partial charge is 0.243 e. The molecule has 0 aromatic heterocycles. The van der Waals surface area contributed by atoms with Gasteiger partial charge in [-0.25, -0.2) is 8.42 Å². The van der Waals surface area contributed by atoms with Crippen LogP contribution in [0.2, 0.25) is 0 Å². The van der Waals surface area contributed by atoms with Crippen molar-refractivity contribution in [2.24, 2.45) is 0 Å². The van der Waals surface area contributed by atoms with Gasteiger partial charge >= 0.3 is 0 Å². The predicted molar refractivity (Wildman–Crippen MR) is 95.2 cm³/mol. The number of carbonyl (C=O) groups is 1. The first kappa shape index (κ1) is 18.2. The molecule has 5 nitrogen and oxygen atoms in total. The third-order valence-electron chi connectivity index (χ3n) is 3.61. The lowest BCUT2D eigenvalue weighted by Crippen LogP contribution is -2.30. The Morgan fingerprint density at radius 1 is 1.12 bits per heavy atom. The Balaban J connectivity index is 2.24. The molecule has 2 rings (SSSR count). The van der Waals surface area contributed by atoms with Crippen molar-refractivity contribution in [3.05, 3.63) is 59.7 Å². The molecule has 0 heterocycles. The number of rotatable bonds is 6. The molecule has 1 amide bonds. The Bertz CT molecular complexity index is 814. The number of nitrogens with one attached hydrogen (secondary N) is 1. The molecule has 2 aromatic rings. The van der Waals surface area contributed by atoms with E-state index in [4.69, 9.17) is 0 Å². The molecule has 0 saturated heterocycles. The topological polar surface area (TPSA) is 66.5 Å². The summed E-state index contributed by atoms with van der Waals surface area (Å²) in [6, 6.07) is 14.0. The fourth-order valence-corrected chi connectivity index (χ4v) is 3.88. The van der Waals surface area contributed by atoms with E-state index in [0.717, 1.165) is 11.1 Å². The Labute approximate surface area is 143 Å². The van der Waals surface area contributed by atoms with E-state index < -0.39 is 10.0 Å². The third kappa shape index (κ3) is 4.43. The maximum Gasteiger partial charge on any atom is 0.243 e. The maximum atomic E-state index is 12.8. The summed E-state index contributed by atoms with van der Waals surface area (Å²) >= 11 is 0. The second-order valence-electron chi connectivity index (χ2n) is 5.63. The van der Waals surface area contributed by atoms with E-state index in [1.807, 2.05) is 38.1 Å². The zero-order valence-corrected chi connectivity index (χ0v) is 14.9. The third-order valence-corrected chi connectivity index (χ3v) is 5.54. The second-order valence-corrected chi connectivity index (χ2v) is 7.56. The van der Waals surface area contributed by atoms with Gasteiger partial charge in [-0.2, -0.15) is 4.31 Å². The first-order chi connectivity index (χ1) is 11.3. The predicted octanol–water partition coefficient (Wildman–Crippen LogP) is 3.16. The molecule has 0 atom stereocenters. The summed E-state index contributed by atoms with van der Waals surface area (Å²) in [7, 11) is -3.59. The van der Waals surface area contributed by atoms with Gasteiger partial charge in [0.1, 0.15) is 0 Å². The summed E-state index contributed by atoms with van der Waals surface area (Å²) < 4.78 is 27.1. The highest BCUT2D eigenvalue weighted by atomic mass is 32.2. The zero-order valence-electron chi connectivity index (χ0n) is 14.1. The monoisotopic (exact) mass is 346 g/mol. The van der Waals surface area contributed by atoms with Gasteiger partial charge in [-0.3, -0.25) is 4.79 Å². The van der Waals surface area contributed by atoms with E-state index in [2.05, 4.69) is 5.32 Å². The number of anilines is 1. The van der Waals surface area contributed by atoms with Crippen molar-refractivity contribution in [2.45, 2.75) is 32.2 Å². The molecule has 0 spiro atoms. The number of hydrogen-bond acceptors (Lipinski definition) is 3. The zero-order chi connectivity index (χ0) is 17.7. The lowest BCUT2D eigenvalue weighted by atomic mass is 10.1. The second kappa shape index (κ2) is 7.59. The van der Waals surface area contributed by atoms with Crippen LogP contribution in [0.25, 0.3) is 0 Å². The number of hydrogen-bond donors (Lipinski definition) is 1. The number of nitrogens with zero attached hydrogens (tertiary/aromatic N) is 1. The molecule has 0 aliphatic heterocycles. The van der Waals surface area contributed by atoms with Crippen LogP contribution in [-0.2, 0) is 21.4 Å². The summed E-state index contributed by atoms with van der Waals surface area (Å²) in [6.45, 7) is 5.91. The van der Waals surface area contributed by atoms with Gasteiger partial charge in [-0.1, -0.05) is 36.8 Å². The minimum absolute atomic E-state index is 0.194. The molecule has 0 bridgehead atoms. The van der Waals surface area contributed by atoms with Crippen molar-refractivity contribution in [1.82, 2.24) is 4.31 Å². The van der Waals surface area contributed by atoms with Crippen LogP contribution in [0.4, 0.5) is 5.69 Å². The van der Waals surface area contributed by atoms with Gasteiger partial charge in [0, 0.05) is 25.7 Å². The number of sulfonamides is 1. The largest absolute Gasteiger partial charge is 0.326 e. The van der Waals surface area contributed by atoms with Crippen LogP contribution >= 0.6 is 0 Å². The van der Waals surface area contributed by atoms with E-state index in [1.165, 1.54) is 23.4 Å². The van der Waals surface area contributed by atoms with Crippen molar-refractivity contribution in [2.75, 3.05) is 11.9 Å². The van der Waals surface area contributed by atoms with Gasteiger partial charge in [0.15, 0.2) is 0 Å². The molecule has 2 aromatic carbocycles. The molecule has 0 aliphatic rings. The minimum atomic E-state index is -3.59. The lowest BCUT2D eigenvalue weighted by Gasteiger charge is -2.21. The van der Waals surface area contributed by atoms with Crippen LogP contribution in [0.15, 0.2) is 53.4 Å². The average Bonchev–Trinajstić information content (AvgIpc) is 2.52. The van der Waals surface area contributed by atoms with E-state index in [1.54, 1.807) is 12.1 Å². The van der Waals surface area contributed by atoms with E-state index in [0.29, 0.717) is 18.8 Å². The van der Waals surface area contributed by atoms with Crippen molar-refractivity contribution in [3.63, 3.8) is 0 Å². The van der Waals surface area contributed by atoms with E-state index >= 15 is 0 Å². The Morgan fingerprint density at radius 3 is 2.33 bits per heavy atom. The van der Waals surface area contributed by atoms with Crippen LogP contribution < -0.4 is 5.32 Å². The molecular weight excluding hydrogens is 324 g/mol. The number of benzene rings is 2. The fraction of sp³-hybridized carbons (Fsp3) is 0.278. The summed E-state index contributed by atoms with van der Waals surface area (Å²) in [5.74, 6) is -0.194. The van der Waals surface area contributed by atoms with Gasteiger partial charge in [0.05, 0.1) is 4.90 Å². The summed E-state index contributed by atoms with van der Waals surface area (Å²) in [4.78, 5) is 11.3. The van der Waals surface area contributed by atoms with Crippen LogP contribution in [-0.4, -0.2) is 25.2 Å². The van der Waals surface area contributed by atoms with Crippen LogP contribution in [0.5, 0.6) is 0 Å². The number of aryl methyl sites for hydroxylation is 1. The van der Waals surface area contributed by atoms with Crippen LogP contribution in [0.3, 0.4) is 0 Å². The highest BCUT2D eigenvalue weighted by molar-refractivity contribution is 7.89. The molecule has 24 heavy (non-hydrogen) atoms. The molecule has 0 saturated carbocycles. The highest BCUT2D eigenvalue weighted by Gasteiger charge is 2.23. The summed E-state index contributed by atoms with van der Waals surface area (Å²) in [6.07, 6.45) is 0. The summed E-state index contributed by atoms with van der Waals surface area (Å²) in [5, 5.41) is 2.63. The Hall–Kier alpha value is -2.18. The van der Waals surface area contributed by atoms with Crippen molar-refractivity contribution < 1.29 is 13.2 Å². The molecule has 0 unspecified atom stereocenters. The quantitative estimate of drug-likeness (QED) is 0.874. The van der Waals surface area contributed by atoms with E-state index in [9.17, 15) is 13.2 Å². The standard InChI is InChI=1S/C18H22N2O3S/c1-4-20(13-16-7-5-6-14(2)12-16)24(22,23)18-10-8-17(9-11-18)19-15(3)21/h5-12H,4,13H2,1-3H3,(H,19,21). The van der Waals surface area contributed by atoms with E-state index in [-0.39, 0.29) is 10.8 Å².